The van der Waals surface area contributed by atoms with E-state index in [1.807, 2.05) is 6.92 Å². The molecule has 0 aliphatic heterocycles. The summed E-state index contributed by atoms with van der Waals surface area (Å²) in [6, 6.07) is 14.5. The highest BCUT2D eigenvalue weighted by Gasteiger charge is 2.30. The summed E-state index contributed by atoms with van der Waals surface area (Å²) >= 11 is 0. The molecule has 2 N–H and O–H groups in total. The normalized spacial score (nSPS) is 12.7. The van der Waals surface area contributed by atoms with Crippen molar-refractivity contribution >= 4 is 32.5 Å². The number of fused-ring (bicyclic) bond motifs is 1. The van der Waals surface area contributed by atoms with Crippen LogP contribution in [0.2, 0.25) is 0 Å². The lowest BCUT2D eigenvalue weighted by molar-refractivity contribution is -0.118. The van der Waals surface area contributed by atoms with Crippen molar-refractivity contribution in [3.05, 3.63) is 60.8 Å². The van der Waals surface area contributed by atoms with E-state index in [1.165, 1.54) is 6.07 Å². The third kappa shape index (κ3) is 4.77. The summed E-state index contributed by atoms with van der Waals surface area (Å²) in [5, 5.41) is 3.49. The molecule has 1 heterocycles. The molecule has 0 aliphatic carbocycles. The van der Waals surface area contributed by atoms with Crippen LogP contribution < -0.4 is 14.8 Å². The zero-order valence-electron chi connectivity index (χ0n) is 17.1. The average molecular weight is 428 g/mol. The maximum absolute atomic E-state index is 13.1. The van der Waals surface area contributed by atoms with E-state index >= 15 is 0 Å². The number of anilines is 1. The van der Waals surface area contributed by atoms with Crippen LogP contribution in [-0.4, -0.2) is 32.0 Å². The topological polar surface area (TPSA) is 97.4 Å². The van der Waals surface area contributed by atoms with Gasteiger partial charge in [0.25, 0.3) is 0 Å². The second-order valence-electron chi connectivity index (χ2n) is 7.09. The zero-order valence-corrected chi connectivity index (χ0v) is 17.9. The Balaban J connectivity index is 1.89. The number of hydrogen-bond acceptors (Lipinski definition) is 5. The monoisotopic (exact) mass is 427 g/mol. The number of pyridine rings is 1. The van der Waals surface area contributed by atoms with Crippen molar-refractivity contribution in [1.82, 2.24) is 9.71 Å². The molecule has 0 spiro atoms. The molecule has 0 unspecified atom stereocenters. The van der Waals surface area contributed by atoms with Gasteiger partial charge in [-0.1, -0.05) is 44.2 Å². The van der Waals surface area contributed by atoms with Crippen LogP contribution in [0.3, 0.4) is 0 Å². The number of carbonyl (C=O) groups is 1. The fourth-order valence-corrected chi connectivity index (χ4v) is 4.60. The van der Waals surface area contributed by atoms with Crippen LogP contribution in [0.25, 0.3) is 10.9 Å². The van der Waals surface area contributed by atoms with Gasteiger partial charge in [-0.3, -0.25) is 9.78 Å². The number of ether oxygens (including phenoxy) is 1. The number of amides is 1. The molecule has 0 saturated heterocycles. The van der Waals surface area contributed by atoms with Crippen molar-refractivity contribution in [2.45, 2.75) is 31.7 Å². The molecular formula is C22H25N3O4S. The Morgan fingerprint density at radius 1 is 1.07 bits per heavy atom. The summed E-state index contributed by atoms with van der Waals surface area (Å²) in [7, 11) is -3.99. The molecular weight excluding hydrogens is 402 g/mol. The Labute approximate surface area is 176 Å². The van der Waals surface area contributed by atoms with Gasteiger partial charge in [0.05, 0.1) is 17.8 Å². The Hall–Kier alpha value is -2.97. The smallest absolute Gasteiger partial charge is 0.243 e. The van der Waals surface area contributed by atoms with Gasteiger partial charge in [-0.2, -0.15) is 4.72 Å². The van der Waals surface area contributed by atoms with E-state index in [2.05, 4.69) is 15.0 Å². The third-order valence-corrected chi connectivity index (χ3v) is 6.03. The summed E-state index contributed by atoms with van der Waals surface area (Å²) < 4.78 is 34.4. The van der Waals surface area contributed by atoms with Crippen LogP contribution in [0.15, 0.2) is 65.7 Å². The lowest BCUT2D eigenvalue weighted by Gasteiger charge is -2.22. The summed E-state index contributed by atoms with van der Waals surface area (Å²) in [5.41, 5.74) is 0.845. The minimum Gasteiger partial charge on any atom is -0.492 e. The molecule has 0 radical (unpaired) electrons. The number of sulfonamides is 1. The Morgan fingerprint density at radius 3 is 2.53 bits per heavy atom. The minimum atomic E-state index is -3.99. The molecule has 1 aromatic heterocycles. The Kier molecular flexibility index (Phi) is 6.69. The highest BCUT2D eigenvalue weighted by atomic mass is 32.2. The predicted molar refractivity (Wildman–Crippen MR) is 117 cm³/mol. The quantitative estimate of drug-likeness (QED) is 0.573. The summed E-state index contributed by atoms with van der Waals surface area (Å²) in [6.45, 7) is 5.86. The molecule has 0 bridgehead atoms. The third-order valence-electron chi connectivity index (χ3n) is 4.56. The first-order valence-electron chi connectivity index (χ1n) is 9.72. The number of para-hydroxylation sites is 3. The number of hydrogen-bond donors (Lipinski definition) is 2. The molecule has 0 saturated carbocycles. The van der Waals surface area contributed by atoms with Crippen molar-refractivity contribution in [1.29, 1.82) is 0 Å². The molecule has 2 aromatic carbocycles. The second-order valence-corrected chi connectivity index (χ2v) is 8.78. The molecule has 158 valence electrons. The van der Waals surface area contributed by atoms with Gasteiger partial charge in [-0.25, -0.2) is 8.42 Å². The van der Waals surface area contributed by atoms with E-state index in [4.69, 9.17) is 4.74 Å². The maximum atomic E-state index is 13.1. The van der Waals surface area contributed by atoms with Crippen molar-refractivity contribution < 1.29 is 17.9 Å². The molecule has 3 rings (SSSR count). The fraction of sp³-hybridized carbons (Fsp3) is 0.273. The number of rotatable bonds is 8. The highest BCUT2D eigenvalue weighted by Crippen LogP contribution is 2.25. The maximum Gasteiger partial charge on any atom is 0.243 e. The van der Waals surface area contributed by atoms with Crippen LogP contribution in [0, 0.1) is 5.92 Å². The largest absolute Gasteiger partial charge is 0.492 e. The molecule has 30 heavy (non-hydrogen) atoms. The van der Waals surface area contributed by atoms with Gasteiger partial charge in [0.2, 0.25) is 15.9 Å². The lowest BCUT2D eigenvalue weighted by Crippen LogP contribution is -2.47. The van der Waals surface area contributed by atoms with Gasteiger partial charge < -0.3 is 10.1 Å². The Bertz CT molecular complexity index is 1140. The van der Waals surface area contributed by atoms with E-state index in [-0.39, 0.29) is 10.8 Å². The van der Waals surface area contributed by atoms with Crippen molar-refractivity contribution in [2.24, 2.45) is 5.92 Å². The molecule has 7 nitrogen and oxygen atoms in total. The molecule has 1 atom stereocenters. The number of aromatic nitrogens is 1. The standard InChI is InChI=1S/C22H25N3O4S/c1-4-29-18-12-6-5-11-17(18)24-22(26)20(15(2)3)25-30(27,28)19-13-7-9-16-10-8-14-23-21(16)19/h5-15,20,25H,4H2,1-3H3,(H,24,26)/t20-/m1/s1. The van der Waals surface area contributed by atoms with Gasteiger partial charge in [0.1, 0.15) is 16.7 Å². The first-order valence-corrected chi connectivity index (χ1v) is 11.2. The van der Waals surface area contributed by atoms with Crippen LogP contribution in [-0.2, 0) is 14.8 Å². The van der Waals surface area contributed by atoms with E-state index in [9.17, 15) is 13.2 Å². The van der Waals surface area contributed by atoms with Gasteiger partial charge in [0.15, 0.2) is 0 Å². The lowest BCUT2D eigenvalue weighted by atomic mass is 10.0. The van der Waals surface area contributed by atoms with Crippen LogP contribution >= 0.6 is 0 Å². The van der Waals surface area contributed by atoms with Crippen LogP contribution in [0.4, 0.5) is 5.69 Å². The molecule has 3 aromatic rings. The van der Waals surface area contributed by atoms with E-state index in [0.717, 1.165) is 0 Å². The SMILES string of the molecule is CCOc1ccccc1NC(=O)[C@H](NS(=O)(=O)c1cccc2cccnc12)C(C)C. The van der Waals surface area contributed by atoms with Crippen LogP contribution in [0.5, 0.6) is 5.75 Å². The summed E-state index contributed by atoms with van der Waals surface area (Å²) in [5.74, 6) is -0.229. The number of nitrogens with zero attached hydrogens (tertiary/aromatic N) is 1. The van der Waals surface area contributed by atoms with Crippen molar-refractivity contribution in [3.8, 4) is 5.75 Å². The number of carbonyl (C=O) groups excluding carboxylic acids is 1. The summed E-state index contributed by atoms with van der Waals surface area (Å²) in [6.07, 6.45) is 1.54. The molecule has 0 fully saturated rings. The van der Waals surface area contributed by atoms with Gasteiger partial charge in [-0.05, 0) is 37.1 Å². The molecule has 1 amide bonds. The van der Waals surface area contributed by atoms with Crippen molar-refractivity contribution in [3.63, 3.8) is 0 Å². The van der Waals surface area contributed by atoms with Gasteiger partial charge in [0, 0.05) is 11.6 Å². The van der Waals surface area contributed by atoms with Crippen LogP contribution in [0.1, 0.15) is 20.8 Å². The number of nitrogens with one attached hydrogen (secondary N) is 2. The number of benzene rings is 2. The van der Waals surface area contributed by atoms with Crippen molar-refractivity contribution in [2.75, 3.05) is 11.9 Å². The second kappa shape index (κ2) is 9.23. The van der Waals surface area contributed by atoms with Gasteiger partial charge >= 0.3 is 0 Å². The average Bonchev–Trinajstić information content (AvgIpc) is 2.73. The molecule has 8 heteroatoms. The fourth-order valence-electron chi connectivity index (χ4n) is 3.08. The first kappa shape index (κ1) is 21.7. The van der Waals surface area contributed by atoms with E-state index < -0.39 is 22.0 Å². The minimum absolute atomic E-state index is 0.0359. The highest BCUT2D eigenvalue weighted by molar-refractivity contribution is 7.89. The Morgan fingerprint density at radius 2 is 1.80 bits per heavy atom. The van der Waals surface area contributed by atoms with E-state index in [1.54, 1.807) is 68.6 Å². The molecule has 0 aliphatic rings. The van der Waals surface area contributed by atoms with E-state index in [0.29, 0.717) is 28.9 Å². The summed E-state index contributed by atoms with van der Waals surface area (Å²) in [4.78, 5) is 17.2. The zero-order chi connectivity index (χ0) is 21.7. The predicted octanol–water partition coefficient (Wildman–Crippen LogP) is 3.58. The van der Waals surface area contributed by atoms with Gasteiger partial charge in [-0.15, -0.1) is 0 Å². The first-order chi connectivity index (χ1) is 14.3.